The predicted octanol–water partition coefficient (Wildman–Crippen LogP) is 2.91. The fourth-order valence-corrected chi connectivity index (χ4v) is 1.89. The van der Waals surface area contributed by atoms with Crippen molar-refractivity contribution in [1.82, 2.24) is 5.32 Å². The maximum Gasteiger partial charge on any atom is 0.408 e. The molecule has 0 aromatic heterocycles. The van der Waals surface area contributed by atoms with Gasteiger partial charge in [-0.05, 0) is 46.1 Å². The zero-order valence-corrected chi connectivity index (χ0v) is 13.0. The molecule has 1 aromatic carbocycles. The standard InChI is InChI=1S/C16H23NO4/c1-11-6-5-7-12(10-11)8-9-13(14(18)19)17-15(20)21-16(2,3)4/h5-7,10,13H,8-9H2,1-4H3,(H,17,20)(H,18,19)/t13-/m1/s1. The zero-order chi connectivity index (χ0) is 16.0. The van der Waals surface area contributed by atoms with E-state index in [2.05, 4.69) is 5.32 Å². The maximum absolute atomic E-state index is 11.6. The van der Waals surface area contributed by atoms with Crippen LogP contribution in [0.5, 0.6) is 0 Å². The van der Waals surface area contributed by atoms with Crippen LogP contribution in [0.15, 0.2) is 24.3 Å². The monoisotopic (exact) mass is 293 g/mol. The summed E-state index contributed by atoms with van der Waals surface area (Å²) in [4.78, 5) is 22.9. The van der Waals surface area contributed by atoms with Gasteiger partial charge in [-0.15, -0.1) is 0 Å². The van der Waals surface area contributed by atoms with Crippen LogP contribution in [-0.2, 0) is 16.0 Å². The van der Waals surface area contributed by atoms with Gasteiger partial charge in [-0.3, -0.25) is 0 Å². The van der Waals surface area contributed by atoms with Gasteiger partial charge in [0.25, 0.3) is 0 Å². The van der Waals surface area contributed by atoms with Gasteiger partial charge in [-0.1, -0.05) is 29.8 Å². The average Bonchev–Trinajstić information content (AvgIpc) is 2.32. The average molecular weight is 293 g/mol. The molecule has 0 radical (unpaired) electrons. The molecule has 2 N–H and O–H groups in total. The van der Waals surface area contributed by atoms with Gasteiger partial charge in [0.1, 0.15) is 11.6 Å². The Kier molecular flexibility index (Phi) is 5.76. The molecule has 0 fully saturated rings. The van der Waals surface area contributed by atoms with Crippen LogP contribution in [0.1, 0.15) is 38.3 Å². The minimum absolute atomic E-state index is 0.317. The number of alkyl carbamates (subject to hydrolysis) is 1. The number of amides is 1. The normalized spacial score (nSPS) is 12.6. The highest BCUT2D eigenvalue weighted by Crippen LogP contribution is 2.10. The Labute approximate surface area is 125 Å². The Hall–Kier alpha value is -2.04. The quantitative estimate of drug-likeness (QED) is 0.875. The third-order valence-corrected chi connectivity index (χ3v) is 2.79. The molecule has 0 heterocycles. The molecule has 0 saturated carbocycles. The number of carboxylic acids is 1. The Bertz CT molecular complexity index is 505. The van der Waals surface area contributed by atoms with Crippen molar-refractivity contribution in [2.75, 3.05) is 0 Å². The maximum atomic E-state index is 11.6. The van der Waals surface area contributed by atoms with Crippen molar-refractivity contribution >= 4 is 12.1 Å². The molecule has 1 atom stereocenters. The zero-order valence-electron chi connectivity index (χ0n) is 13.0. The summed E-state index contributed by atoms with van der Waals surface area (Å²) in [5.74, 6) is -1.06. The molecule has 0 bridgehead atoms. The SMILES string of the molecule is Cc1cccc(CC[C@@H](NC(=O)OC(C)(C)C)C(=O)O)c1. The number of hydrogen-bond donors (Lipinski definition) is 2. The van der Waals surface area contributed by atoms with Gasteiger partial charge in [0.15, 0.2) is 0 Å². The van der Waals surface area contributed by atoms with E-state index in [1.807, 2.05) is 31.2 Å². The Morgan fingerprint density at radius 1 is 1.33 bits per heavy atom. The number of ether oxygens (including phenoxy) is 1. The molecule has 1 amide bonds. The van der Waals surface area contributed by atoms with E-state index in [9.17, 15) is 14.7 Å². The topological polar surface area (TPSA) is 75.6 Å². The fourth-order valence-electron chi connectivity index (χ4n) is 1.89. The van der Waals surface area contributed by atoms with Gasteiger partial charge in [0.05, 0.1) is 0 Å². The van der Waals surface area contributed by atoms with Crippen molar-refractivity contribution in [3.8, 4) is 0 Å². The van der Waals surface area contributed by atoms with Crippen molar-refractivity contribution in [3.63, 3.8) is 0 Å². The minimum Gasteiger partial charge on any atom is -0.480 e. The molecular formula is C16H23NO4. The molecule has 0 unspecified atom stereocenters. The summed E-state index contributed by atoms with van der Waals surface area (Å²) in [6.45, 7) is 7.18. The first kappa shape index (κ1) is 17.0. The number of carbonyl (C=O) groups excluding carboxylic acids is 1. The highest BCUT2D eigenvalue weighted by Gasteiger charge is 2.23. The molecule has 0 aliphatic rings. The van der Waals surface area contributed by atoms with Crippen molar-refractivity contribution in [1.29, 1.82) is 0 Å². The van der Waals surface area contributed by atoms with Crippen LogP contribution < -0.4 is 5.32 Å². The molecule has 1 aromatic rings. The number of rotatable bonds is 5. The number of benzene rings is 1. The fraction of sp³-hybridized carbons (Fsp3) is 0.500. The molecule has 0 aliphatic heterocycles. The van der Waals surface area contributed by atoms with Crippen molar-refractivity contribution < 1.29 is 19.4 Å². The molecule has 0 spiro atoms. The first-order valence-corrected chi connectivity index (χ1v) is 6.95. The summed E-state index contributed by atoms with van der Waals surface area (Å²) in [6, 6.07) is 6.91. The Morgan fingerprint density at radius 2 is 2.00 bits per heavy atom. The molecule has 21 heavy (non-hydrogen) atoms. The van der Waals surface area contributed by atoms with E-state index in [-0.39, 0.29) is 0 Å². The minimum atomic E-state index is -1.06. The van der Waals surface area contributed by atoms with Crippen molar-refractivity contribution in [2.45, 2.75) is 52.2 Å². The second-order valence-corrected chi connectivity index (χ2v) is 6.06. The van der Waals surface area contributed by atoms with E-state index >= 15 is 0 Å². The lowest BCUT2D eigenvalue weighted by atomic mass is 10.0. The third kappa shape index (κ3) is 6.79. The first-order valence-electron chi connectivity index (χ1n) is 6.95. The lowest BCUT2D eigenvalue weighted by molar-refractivity contribution is -0.139. The summed E-state index contributed by atoms with van der Waals surface area (Å²) >= 11 is 0. The van der Waals surface area contributed by atoms with Crippen LogP contribution in [-0.4, -0.2) is 28.8 Å². The molecule has 5 heteroatoms. The number of aliphatic carboxylic acids is 1. The molecule has 5 nitrogen and oxygen atoms in total. The summed E-state index contributed by atoms with van der Waals surface area (Å²) in [6.07, 6.45) is 0.186. The van der Waals surface area contributed by atoms with Gasteiger partial charge in [0.2, 0.25) is 0 Å². The number of carboxylic acid groups (broad SMARTS) is 1. The van der Waals surface area contributed by atoms with Crippen LogP contribution in [0, 0.1) is 6.92 Å². The summed E-state index contributed by atoms with van der Waals surface area (Å²) in [5, 5.41) is 11.6. The first-order chi connectivity index (χ1) is 9.67. The van der Waals surface area contributed by atoms with Gasteiger partial charge in [0, 0.05) is 0 Å². The van der Waals surface area contributed by atoms with Gasteiger partial charge >= 0.3 is 12.1 Å². The molecule has 0 aliphatic carbocycles. The number of carbonyl (C=O) groups is 2. The third-order valence-electron chi connectivity index (χ3n) is 2.79. The van der Waals surface area contributed by atoms with Gasteiger partial charge < -0.3 is 15.2 Å². The molecule has 0 saturated heterocycles. The van der Waals surface area contributed by atoms with E-state index in [0.29, 0.717) is 12.8 Å². The van der Waals surface area contributed by atoms with E-state index in [1.165, 1.54) is 0 Å². The Morgan fingerprint density at radius 3 is 2.52 bits per heavy atom. The highest BCUT2D eigenvalue weighted by molar-refractivity contribution is 5.80. The largest absolute Gasteiger partial charge is 0.480 e. The highest BCUT2D eigenvalue weighted by atomic mass is 16.6. The molecule has 116 valence electrons. The van der Waals surface area contributed by atoms with Crippen LogP contribution in [0.25, 0.3) is 0 Å². The number of aryl methyl sites for hydroxylation is 2. The van der Waals surface area contributed by atoms with Crippen LogP contribution in [0.3, 0.4) is 0 Å². The number of nitrogens with one attached hydrogen (secondary N) is 1. The second-order valence-electron chi connectivity index (χ2n) is 6.06. The Balaban J connectivity index is 2.58. The molecular weight excluding hydrogens is 270 g/mol. The van der Waals surface area contributed by atoms with E-state index in [1.54, 1.807) is 20.8 Å². The van der Waals surface area contributed by atoms with E-state index in [4.69, 9.17) is 4.74 Å². The molecule has 1 rings (SSSR count). The van der Waals surface area contributed by atoms with Crippen LogP contribution in [0.2, 0.25) is 0 Å². The lowest BCUT2D eigenvalue weighted by Crippen LogP contribution is -2.43. The van der Waals surface area contributed by atoms with Crippen LogP contribution >= 0.6 is 0 Å². The number of hydrogen-bond acceptors (Lipinski definition) is 3. The lowest BCUT2D eigenvalue weighted by Gasteiger charge is -2.22. The van der Waals surface area contributed by atoms with Gasteiger partial charge in [-0.2, -0.15) is 0 Å². The summed E-state index contributed by atoms with van der Waals surface area (Å²) in [7, 11) is 0. The summed E-state index contributed by atoms with van der Waals surface area (Å²) < 4.78 is 5.08. The van der Waals surface area contributed by atoms with Crippen LogP contribution in [0.4, 0.5) is 4.79 Å². The predicted molar refractivity (Wildman–Crippen MR) is 80.3 cm³/mol. The smallest absolute Gasteiger partial charge is 0.408 e. The van der Waals surface area contributed by atoms with E-state index in [0.717, 1.165) is 11.1 Å². The van der Waals surface area contributed by atoms with Gasteiger partial charge in [-0.25, -0.2) is 9.59 Å². The second kappa shape index (κ2) is 7.11. The summed E-state index contributed by atoms with van der Waals surface area (Å²) in [5.41, 5.74) is 1.52. The van der Waals surface area contributed by atoms with Crippen molar-refractivity contribution in [2.24, 2.45) is 0 Å². The van der Waals surface area contributed by atoms with Crippen molar-refractivity contribution in [3.05, 3.63) is 35.4 Å². The van der Waals surface area contributed by atoms with E-state index < -0.39 is 23.7 Å².